The lowest BCUT2D eigenvalue weighted by Gasteiger charge is -2.18. The van der Waals surface area contributed by atoms with Gasteiger partial charge in [-0.2, -0.15) is 0 Å². The van der Waals surface area contributed by atoms with Crippen LogP contribution in [0.15, 0.2) is 122 Å². The molecule has 0 saturated heterocycles. The monoisotopic (exact) mass is 1140 g/mol. The first kappa shape index (κ1) is 77.8. The number of hydrogen-bond acceptors (Lipinski definition) is 6. The smallest absolute Gasteiger partial charge is 0.306 e. The van der Waals surface area contributed by atoms with Gasteiger partial charge in [-0.05, 0) is 109 Å². The summed E-state index contributed by atoms with van der Waals surface area (Å²) in [4.78, 5) is 38.4. The molecule has 82 heavy (non-hydrogen) atoms. The van der Waals surface area contributed by atoms with Gasteiger partial charge in [-0.25, -0.2) is 0 Å². The SMILES string of the molecule is CC/C=C\C/C=C\C/C=C\C/C=C\C/C=C\CCCCCCCCCCCCCC(=O)OCC(COC(=O)CCCCCCCCCCCCCCCC)OC(=O)CCCCCCCCC/C=C\C/C=C\C/C=C\C/C=C\C/C=C\CC. The Balaban J connectivity index is 4.35. The van der Waals surface area contributed by atoms with E-state index in [4.69, 9.17) is 14.2 Å². The highest BCUT2D eigenvalue weighted by Gasteiger charge is 2.19. The van der Waals surface area contributed by atoms with Crippen molar-refractivity contribution < 1.29 is 28.6 Å². The lowest BCUT2D eigenvalue weighted by atomic mass is 10.0. The molecule has 0 aliphatic rings. The molecule has 0 aliphatic heterocycles. The van der Waals surface area contributed by atoms with Crippen LogP contribution in [-0.2, 0) is 28.6 Å². The molecule has 1 atom stereocenters. The van der Waals surface area contributed by atoms with Gasteiger partial charge in [0.05, 0.1) is 0 Å². The van der Waals surface area contributed by atoms with E-state index in [1.54, 1.807) is 0 Å². The third kappa shape index (κ3) is 66.6. The molecule has 0 N–H and O–H groups in total. The second-order valence-corrected chi connectivity index (χ2v) is 22.7. The third-order valence-electron chi connectivity index (χ3n) is 14.7. The Morgan fingerprint density at radius 2 is 0.476 bits per heavy atom. The molecule has 0 aromatic rings. The average Bonchev–Trinajstić information content (AvgIpc) is 3.48. The molecule has 0 heterocycles. The van der Waals surface area contributed by atoms with Gasteiger partial charge in [0, 0.05) is 19.3 Å². The minimum Gasteiger partial charge on any atom is -0.462 e. The first-order valence-electron chi connectivity index (χ1n) is 34.5. The molecule has 0 aromatic heterocycles. The van der Waals surface area contributed by atoms with Gasteiger partial charge in [0.25, 0.3) is 0 Å². The molecule has 0 rings (SSSR count). The first-order valence-corrected chi connectivity index (χ1v) is 34.5. The van der Waals surface area contributed by atoms with E-state index >= 15 is 0 Å². The lowest BCUT2D eigenvalue weighted by Crippen LogP contribution is -2.30. The van der Waals surface area contributed by atoms with E-state index in [-0.39, 0.29) is 31.1 Å². The maximum absolute atomic E-state index is 13.0. The molecule has 1 unspecified atom stereocenters. The molecular formula is C76H128O6. The standard InChI is InChI=1S/C76H128O6/c1-4-7-10-13-16-19-22-25-28-30-32-34-36-37-38-39-41-42-44-46-48-51-54-57-60-63-66-69-75(78)81-72-73(71-80-74(77)68-65-62-59-56-53-50-27-24-21-18-15-12-9-6-3)82-76(79)70-67-64-61-58-55-52-49-47-45-43-40-35-33-31-29-26-23-20-17-14-11-8-5-2/h7-8,10-11,16-17,19-20,25-26,28-29,32-35,37-38,43,45,73H,4-6,9,12-15,18,21-24,27,30-31,36,39-42,44,46-72H2,1-3H3/b10-7-,11-8-,19-16-,20-17-,28-25-,29-26-,34-32-,35-33-,38-37-,45-43-. The fraction of sp³-hybridized carbons (Fsp3) is 0.697. The Labute approximate surface area is 507 Å². The van der Waals surface area contributed by atoms with Crippen LogP contribution in [-0.4, -0.2) is 37.2 Å². The van der Waals surface area contributed by atoms with Gasteiger partial charge >= 0.3 is 17.9 Å². The Hall–Kier alpha value is -4.19. The molecule has 0 bridgehead atoms. The summed E-state index contributed by atoms with van der Waals surface area (Å²) in [6, 6.07) is 0. The van der Waals surface area contributed by atoms with E-state index in [0.29, 0.717) is 19.3 Å². The zero-order valence-electron chi connectivity index (χ0n) is 53.7. The first-order chi connectivity index (χ1) is 40.5. The van der Waals surface area contributed by atoms with Crippen molar-refractivity contribution in [2.75, 3.05) is 13.2 Å². The quantitative estimate of drug-likeness (QED) is 0.0261. The topological polar surface area (TPSA) is 78.9 Å². The highest BCUT2D eigenvalue weighted by Crippen LogP contribution is 2.17. The zero-order valence-corrected chi connectivity index (χ0v) is 53.7. The van der Waals surface area contributed by atoms with E-state index in [2.05, 4.69) is 142 Å². The van der Waals surface area contributed by atoms with Crippen LogP contribution in [0.4, 0.5) is 0 Å². The predicted octanol–water partition coefficient (Wildman–Crippen LogP) is 23.9. The van der Waals surface area contributed by atoms with Gasteiger partial charge < -0.3 is 14.2 Å². The molecule has 0 spiro atoms. The fourth-order valence-electron chi connectivity index (χ4n) is 9.62. The fourth-order valence-corrected chi connectivity index (χ4v) is 9.62. The number of carbonyl (C=O) groups is 3. The summed E-state index contributed by atoms with van der Waals surface area (Å²) in [6.45, 7) is 6.43. The van der Waals surface area contributed by atoms with Gasteiger partial charge in [0.2, 0.25) is 0 Å². The minimum absolute atomic E-state index is 0.0822. The van der Waals surface area contributed by atoms with E-state index in [0.717, 1.165) is 128 Å². The summed E-state index contributed by atoms with van der Waals surface area (Å²) in [5, 5.41) is 0. The summed E-state index contributed by atoms with van der Waals surface area (Å²) < 4.78 is 17.0. The van der Waals surface area contributed by atoms with Crippen molar-refractivity contribution in [3.05, 3.63) is 122 Å². The summed E-state index contributed by atoms with van der Waals surface area (Å²) in [7, 11) is 0. The van der Waals surface area contributed by atoms with Crippen molar-refractivity contribution in [1.82, 2.24) is 0 Å². The molecule has 0 amide bonds. The predicted molar refractivity (Wildman–Crippen MR) is 357 cm³/mol. The van der Waals surface area contributed by atoms with Crippen molar-refractivity contribution >= 4 is 17.9 Å². The number of esters is 3. The lowest BCUT2D eigenvalue weighted by molar-refractivity contribution is -0.167. The van der Waals surface area contributed by atoms with E-state index in [9.17, 15) is 14.4 Å². The van der Waals surface area contributed by atoms with Crippen LogP contribution in [0.3, 0.4) is 0 Å². The van der Waals surface area contributed by atoms with Crippen LogP contribution in [0.1, 0.15) is 323 Å². The van der Waals surface area contributed by atoms with Gasteiger partial charge in [0.15, 0.2) is 6.10 Å². The summed E-state index contributed by atoms with van der Waals surface area (Å²) in [5.74, 6) is -0.885. The van der Waals surface area contributed by atoms with Gasteiger partial charge in [-0.15, -0.1) is 0 Å². The molecule has 6 nitrogen and oxygen atoms in total. The molecule has 0 saturated carbocycles. The van der Waals surface area contributed by atoms with Gasteiger partial charge in [0.1, 0.15) is 13.2 Å². The Kier molecular flexibility index (Phi) is 65.8. The number of unbranched alkanes of at least 4 members (excludes halogenated alkanes) is 31. The Morgan fingerprint density at radius 3 is 0.744 bits per heavy atom. The molecule has 6 heteroatoms. The highest BCUT2D eigenvalue weighted by molar-refractivity contribution is 5.71. The van der Waals surface area contributed by atoms with Crippen molar-refractivity contribution in [3.63, 3.8) is 0 Å². The minimum atomic E-state index is -0.788. The van der Waals surface area contributed by atoms with Crippen LogP contribution in [0, 0.1) is 0 Å². The van der Waals surface area contributed by atoms with E-state index in [1.807, 2.05) is 0 Å². The van der Waals surface area contributed by atoms with Crippen molar-refractivity contribution in [3.8, 4) is 0 Å². The summed E-state index contributed by atoms with van der Waals surface area (Å²) >= 11 is 0. The molecule has 0 fully saturated rings. The van der Waals surface area contributed by atoms with Crippen LogP contribution in [0.25, 0.3) is 0 Å². The third-order valence-corrected chi connectivity index (χ3v) is 14.7. The number of carbonyl (C=O) groups excluding carboxylic acids is 3. The Morgan fingerprint density at radius 1 is 0.256 bits per heavy atom. The van der Waals surface area contributed by atoms with Crippen molar-refractivity contribution in [2.45, 2.75) is 329 Å². The molecule has 468 valence electrons. The van der Waals surface area contributed by atoms with Crippen LogP contribution >= 0.6 is 0 Å². The van der Waals surface area contributed by atoms with Crippen LogP contribution in [0.2, 0.25) is 0 Å². The largest absolute Gasteiger partial charge is 0.462 e. The molecule has 0 aliphatic carbocycles. The second kappa shape index (κ2) is 69.3. The maximum atomic E-state index is 13.0. The molecule has 0 radical (unpaired) electrons. The van der Waals surface area contributed by atoms with E-state index < -0.39 is 6.10 Å². The number of ether oxygens (including phenoxy) is 3. The van der Waals surface area contributed by atoms with E-state index in [1.165, 1.54) is 154 Å². The Bertz CT molecular complexity index is 1690. The number of hydrogen-bond donors (Lipinski definition) is 0. The number of rotatable bonds is 62. The van der Waals surface area contributed by atoms with Crippen molar-refractivity contribution in [1.29, 1.82) is 0 Å². The average molecular weight is 1140 g/mol. The molecular weight excluding hydrogens is 1010 g/mol. The second-order valence-electron chi connectivity index (χ2n) is 22.7. The maximum Gasteiger partial charge on any atom is 0.306 e. The van der Waals surface area contributed by atoms with Crippen LogP contribution < -0.4 is 0 Å². The van der Waals surface area contributed by atoms with Gasteiger partial charge in [-0.1, -0.05) is 316 Å². The van der Waals surface area contributed by atoms with Crippen molar-refractivity contribution in [2.24, 2.45) is 0 Å². The number of allylic oxidation sites excluding steroid dienone is 20. The summed E-state index contributed by atoms with van der Waals surface area (Å²) in [5.41, 5.74) is 0. The highest BCUT2D eigenvalue weighted by atomic mass is 16.6. The van der Waals surface area contributed by atoms with Crippen LogP contribution in [0.5, 0.6) is 0 Å². The van der Waals surface area contributed by atoms with Gasteiger partial charge in [-0.3, -0.25) is 14.4 Å². The zero-order chi connectivity index (χ0) is 59.2. The normalized spacial score (nSPS) is 12.9. The summed E-state index contributed by atoms with van der Waals surface area (Å²) in [6.07, 6.45) is 96.4. The molecule has 0 aromatic carbocycles.